The van der Waals surface area contributed by atoms with Gasteiger partial charge < -0.3 is 23.7 Å². The molecule has 11 heteroatoms. The van der Waals surface area contributed by atoms with Gasteiger partial charge >= 0.3 is 23.9 Å². The molecule has 0 unspecified atom stereocenters. The Morgan fingerprint density at radius 2 is 1.19 bits per heavy atom. The molecule has 1 fully saturated rings. The van der Waals surface area contributed by atoms with E-state index in [1.54, 1.807) is 6.92 Å². The van der Waals surface area contributed by atoms with Crippen molar-refractivity contribution < 1.29 is 47.7 Å². The SMILES string of the molecule is CCSC(=O)[C@H]1O[C@@H](OC(C)=O)[C@H](OC(C)=O)[C@@H](OC(C)=O)[C@@H]1OC(C)=O. The zero-order chi connectivity index (χ0) is 20.7. The number of hydrogen-bond donors (Lipinski definition) is 0. The molecule has 10 nitrogen and oxygen atoms in total. The average molecular weight is 406 g/mol. The van der Waals surface area contributed by atoms with Gasteiger partial charge in [-0.05, 0) is 5.75 Å². The monoisotopic (exact) mass is 406 g/mol. The third-order valence-electron chi connectivity index (χ3n) is 3.20. The van der Waals surface area contributed by atoms with Crippen LogP contribution in [0.5, 0.6) is 0 Å². The highest BCUT2D eigenvalue weighted by Gasteiger charge is 2.55. The number of carbonyl (C=O) groups is 5. The molecule has 27 heavy (non-hydrogen) atoms. The Bertz CT molecular complexity index is 604. The Labute approximate surface area is 160 Å². The van der Waals surface area contributed by atoms with E-state index in [0.29, 0.717) is 5.75 Å². The molecule has 152 valence electrons. The van der Waals surface area contributed by atoms with E-state index in [4.69, 9.17) is 23.7 Å². The molecule has 1 rings (SSSR count). The van der Waals surface area contributed by atoms with Gasteiger partial charge in [0.1, 0.15) is 0 Å². The van der Waals surface area contributed by atoms with Crippen LogP contribution in [-0.4, -0.2) is 65.5 Å². The van der Waals surface area contributed by atoms with Gasteiger partial charge in [0.05, 0.1) is 0 Å². The molecule has 0 aromatic carbocycles. The maximum absolute atomic E-state index is 12.4. The number of hydrogen-bond acceptors (Lipinski definition) is 11. The minimum atomic E-state index is -1.53. The average Bonchev–Trinajstić information content (AvgIpc) is 2.51. The van der Waals surface area contributed by atoms with Crippen molar-refractivity contribution >= 4 is 40.8 Å². The lowest BCUT2D eigenvalue weighted by Crippen LogP contribution is -2.63. The summed E-state index contributed by atoms with van der Waals surface area (Å²) in [5, 5.41) is -0.528. The molecular weight excluding hydrogens is 384 g/mol. The Morgan fingerprint density at radius 3 is 1.63 bits per heavy atom. The molecule has 0 saturated carbocycles. The van der Waals surface area contributed by atoms with E-state index in [1.165, 1.54) is 0 Å². The van der Waals surface area contributed by atoms with Crippen molar-refractivity contribution in [3.8, 4) is 0 Å². The van der Waals surface area contributed by atoms with Gasteiger partial charge in [0.25, 0.3) is 0 Å². The number of esters is 4. The first-order valence-corrected chi connectivity index (χ1v) is 9.06. The Kier molecular flexibility index (Phi) is 8.70. The molecule has 0 aliphatic carbocycles. The van der Waals surface area contributed by atoms with Crippen LogP contribution in [0, 0.1) is 0 Å². The molecular formula is C16H22O10S. The molecule has 0 spiro atoms. The van der Waals surface area contributed by atoms with Gasteiger partial charge in [-0.1, -0.05) is 18.7 Å². The zero-order valence-corrected chi connectivity index (χ0v) is 16.4. The molecule has 1 aliphatic heterocycles. The largest absolute Gasteiger partial charge is 0.455 e. The van der Waals surface area contributed by atoms with E-state index in [2.05, 4.69) is 0 Å². The summed E-state index contributed by atoms with van der Waals surface area (Å²) in [6.45, 7) is 6.08. The molecule has 0 amide bonds. The molecule has 0 radical (unpaired) electrons. The zero-order valence-electron chi connectivity index (χ0n) is 15.6. The van der Waals surface area contributed by atoms with Gasteiger partial charge in [0, 0.05) is 27.7 Å². The molecule has 0 aromatic heterocycles. The van der Waals surface area contributed by atoms with Crippen LogP contribution in [0.25, 0.3) is 0 Å². The van der Waals surface area contributed by atoms with E-state index in [9.17, 15) is 24.0 Å². The first-order chi connectivity index (χ1) is 12.6. The lowest BCUT2D eigenvalue weighted by molar-refractivity contribution is -0.288. The van der Waals surface area contributed by atoms with E-state index >= 15 is 0 Å². The van der Waals surface area contributed by atoms with Crippen molar-refractivity contribution in [1.82, 2.24) is 0 Å². The highest BCUT2D eigenvalue weighted by Crippen LogP contribution is 2.31. The maximum atomic E-state index is 12.4. The van der Waals surface area contributed by atoms with Crippen molar-refractivity contribution in [2.75, 3.05) is 5.75 Å². The van der Waals surface area contributed by atoms with Crippen molar-refractivity contribution in [1.29, 1.82) is 0 Å². The van der Waals surface area contributed by atoms with Crippen LogP contribution >= 0.6 is 11.8 Å². The highest BCUT2D eigenvalue weighted by molar-refractivity contribution is 8.13. The summed E-state index contributed by atoms with van der Waals surface area (Å²) in [7, 11) is 0. The number of thioether (sulfide) groups is 1. The molecule has 1 heterocycles. The predicted molar refractivity (Wildman–Crippen MR) is 90.2 cm³/mol. The number of ether oxygens (including phenoxy) is 5. The normalized spacial score (nSPS) is 27.2. The van der Waals surface area contributed by atoms with Crippen LogP contribution in [0.15, 0.2) is 0 Å². The smallest absolute Gasteiger partial charge is 0.305 e. The van der Waals surface area contributed by atoms with E-state index in [1.807, 2.05) is 0 Å². The first kappa shape index (κ1) is 22.9. The fraction of sp³-hybridized carbons (Fsp3) is 0.688. The standard InChI is InChI=1S/C16H22O10S/c1-6-27-15(21)13-11(22-7(2)17)12(23-8(3)18)14(24-9(4)19)16(26-13)25-10(5)20/h11-14,16H,6H2,1-5H3/t11-,12-,13-,14+,16+/m0/s1. The van der Waals surface area contributed by atoms with Crippen molar-refractivity contribution in [2.45, 2.75) is 65.3 Å². The second kappa shape index (κ2) is 10.3. The lowest BCUT2D eigenvalue weighted by atomic mass is 9.98. The van der Waals surface area contributed by atoms with E-state index < -0.39 is 59.7 Å². The predicted octanol–water partition coefficient (Wildman–Crippen LogP) is 0.349. The van der Waals surface area contributed by atoms with Gasteiger partial charge in [-0.2, -0.15) is 0 Å². The summed E-state index contributed by atoms with van der Waals surface area (Å²) in [6.07, 6.45) is -7.18. The Balaban J connectivity index is 3.38. The van der Waals surface area contributed by atoms with Crippen molar-refractivity contribution in [3.05, 3.63) is 0 Å². The fourth-order valence-corrected chi connectivity index (χ4v) is 3.08. The molecule has 0 N–H and O–H groups in total. The molecule has 1 saturated heterocycles. The summed E-state index contributed by atoms with van der Waals surface area (Å²) in [4.78, 5) is 58.4. The highest BCUT2D eigenvalue weighted by atomic mass is 32.2. The van der Waals surface area contributed by atoms with Gasteiger partial charge in [-0.15, -0.1) is 0 Å². The molecule has 1 aliphatic rings. The third-order valence-corrected chi connectivity index (χ3v) is 4.01. The lowest BCUT2D eigenvalue weighted by Gasteiger charge is -2.43. The van der Waals surface area contributed by atoms with E-state index in [0.717, 1.165) is 39.5 Å². The van der Waals surface area contributed by atoms with Crippen LogP contribution < -0.4 is 0 Å². The van der Waals surface area contributed by atoms with Crippen molar-refractivity contribution in [2.24, 2.45) is 0 Å². The topological polar surface area (TPSA) is 132 Å². The van der Waals surface area contributed by atoms with Gasteiger partial charge in [0.2, 0.25) is 17.5 Å². The first-order valence-electron chi connectivity index (χ1n) is 8.07. The molecule has 5 atom stereocenters. The second-order valence-corrected chi connectivity index (χ2v) is 6.78. The van der Waals surface area contributed by atoms with Crippen LogP contribution in [0.3, 0.4) is 0 Å². The summed E-state index contributed by atoms with van der Waals surface area (Å²) in [5.41, 5.74) is 0. The van der Waals surface area contributed by atoms with Crippen molar-refractivity contribution in [3.63, 3.8) is 0 Å². The minimum absolute atomic E-state index is 0.398. The summed E-state index contributed by atoms with van der Waals surface area (Å²) in [6, 6.07) is 0. The Hall–Kier alpha value is -2.14. The van der Waals surface area contributed by atoms with Gasteiger partial charge in [-0.25, -0.2) is 0 Å². The van der Waals surface area contributed by atoms with Crippen LogP contribution in [0.2, 0.25) is 0 Å². The van der Waals surface area contributed by atoms with Crippen LogP contribution in [0.1, 0.15) is 34.6 Å². The van der Waals surface area contributed by atoms with E-state index in [-0.39, 0.29) is 0 Å². The maximum Gasteiger partial charge on any atom is 0.305 e. The minimum Gasteiger partial charge on any atom is -0.455 e. The number of rotatable bonds is 6. The fourth-order valence-electron chi connectivity index (χ4n) is 2.45. The van der Waals surface area contributed by atoms with Crippen LogP contribution in [-0.2, 0) is 47.7 Å². The molecule has 0 bridgehead atoms. The Morgan fingerprint density at radius 1 is 0.741 bits per heavy atom. The quantitative estimate of drug-likeness (QED) is 0.447. The summed E-state index contributed by atoms with van der Waals surface area (Å²) in [5.74, 6) is -2.72. The van der Waals surface area contributed by atoms with Gasteiger partial charge in [-0.3, -0.25) is 24.0 Å². The summed E-state index contributed by atoms with van der Waals surface area (Å²) >= 11 is 0.882. The third kappa shape index (κ3) is 6.83. The summed E-state index contributed by atoms with van der Waals surface area (Å²) < 4.78 is 25.9. The number of carbonyl (C=O) groups excluding carboxylic acids is 5. The van der Waals surface area contributed by atoms with Crippen LogP contribution in [0.4, 0.5) is 0 Å². The van der Waals surface area contributed by atoms with Gasteiger partial charge in [0.15, 0.2) is 18.3 Å². The molecule has 0 aromatic rings. The second-order valence-electron chi connectivity index (χ2n) is 5.51.